The normalized spacial score (nSPS) is 13.0. The maximum Gasteiger partial charge on any atom is 0.0765 e. The van der Waals surface area contributed by atoms with E-state index in [0.717, 1.165) is 21.9 Å². The summed E-state index contributed by atoms with van der Waals surface area (Å²) in [5.41, 5.74) is 1.60. The molecule has 78 valence electrons. The van der Waals surface area contributed by atoms with E-state index in [-0.39, 0.29) is 6.61 Å². The molecule has 0 aliphatic heterocycles. The molecule has 15 heavy (non-hydrogen) atoms. The van der Waals surface area contributed by atoms with Crippen molar-refractivity contribution in [2.45, 2.75) is 19.6 Å². The number of rotatable bonds is 2. The minimum absolute atomic E-state index is 0.0366. The highest BCUT2D eigenvalue weighted by molar-refractivity contribution is 5.84. The molecule has 2 aromatic rings. The maximum absolute atomic E-state index is 9.58. The Balaban J connectivity index is 2.69. The molecule has 0 aliphatic rings. The quantitative estimate of drug-likeness (QED) is 0.785. The molecule has 2 aromatic carbocycles. The number of hydrogen-bond acceptors (Lipinski definition) is 2. The highest BCUT2D eigenvalue weighted by Gasteiger charge is 2.08. The zero-order valence-corrected chi connectivity index (χ0v) is 8.64. The highest BCUT2D eigenvalue weighted by atomic mass is 16.3. The summed E-state index contributed by atoms with van der Waals surface area (Å²) >= 11 is 0. The van der Waals surface area contributed by atoms with Gasteiger partial charge in [0.05, 0.1) is 12.7 Å². The lowest BCUT2D eigenvalue weighted by Gasteiger charge is -2.11. The van der Waals surface area contributed by atoms with Crippen LogP contribution in [0.4, 0.5) is 0 Å². The van der Waals surface area contributed by atoms with E-state index in [2.05, 4.69) is 0 Å². The zero-order valence-electron chi connectivity index (χ0n) is 8.64. The van der Waals surface area contributed by atoms with Gasteiger partial charge in [-0.2, -0.15) is 0 Å². The molecule has 0 radical (unpaired) electrons. The van der Waals surface area contributed by atoms with Crippen LogP contribution in [0.2, 0.25) is 0 Å². The number of benzene rings is 2. The maximum atomic E-state index is 9.58. The Morgan fingerprint density at radius 2 is 1.73 bits per heavy atom. The lowest BCUT2D eigenvalue weighted by atomic mass is 9.98. The molecule has 2 heteroatoms. The van der Waals surface area contributed by atoms with Crippen LogP contribution in [-0.4, -0.2) is 10.2 Å². The van der Waals surface area contributed by atoms with Crippen molar-refractivity contribution in [1.29, 1.82) is 0 Å². The second-order valence-electron chi connectivity index (χ2n) is 3.73. The minimum Gasteiger partial charge on any atom is -0.392 e. The molecule has 1 unspecified atom stereocenters. The third-order valence-electron chi connectivity index (χ3n) is 2.63. The van der Waals surface area contributed by atoms with Crippen LogP contribution in [0.1, 0.15) is 24.2 Å². The van der Waals surface area contributed by atoms with Crippen molar-refractivity contribution in [3.05, 3.63) is 47.5 Å². The van der Waals surface area contributed by atoms with Gasteiger partial charge in [-0.1, -0.05) is 24.3 Å². The van der Waals surface area contributed by atoms with Crippen molar-refractivity contribution >= 4 is 10.8 Å². The molecular formula is C13H14O2. The van der Waals surface area contributed by atoms with Crippen molar-refractivity contribution in [3.8, 4) is 0 Å². The van der Waals surface area contributed by atoms with Gasteiger partial charge in [-0.3, -0.25) is 0 Å². The van der Waals surface area contributed by atoms with E-state index in [4.69, 9.17) is 0 Å². The van der Waals surface area contributed by atoms with Gasteiger partial charge in [-0.15, -0.1) is 0 Å². The molecule has 0 saturated heterocycles. The first-order valence-corrected chi connectivity index (χ1v) is 5.03. The van der Waals surface area contributed by atoms with Crippen LogP contribution in [-0.2, 0) is 6.61 Å². The summed E-state index contributed by atoms with van der Waals surface area (Å²) in [5, 5.41) is 21.0. The van der Waals surface area contributed by atoms with Gasteiger partial charge in [-0.05, 0) is 41.0 Å². The van der Waals surface area contributed by atoms with Gasteiger partial charge in [-0.25, -0.2) is 0 Å². The second kappa shape index (κ2) is 4.01. The van der Waals surface area contributed by atoms with Gasteiger partial charge in [0.25, 0.3) is 0 Å². The van der Waals surface area contributed by atoms with Crippen molar-refractivity contribution < 1.29 is 10.2 Å². The van der Waals surface area contributed by atoms with Gasteiger partial charge in [0.15, 0.2) is 0 Å². The fraction of sp³-hybridized carbons (Fsp3) is 0.231. The second-order valence-corrected chi connectivity index (χ2v) is 3.73. The summed E-state index contributed by atoms with van der Waals surface area (Å²) in [6, 6.07) is 11.8. The predicted octanol–water partition coefficient (Wildman–Crippen LogP) is 2.39. The average molecular weight is 202 g/mol. The SMILES string of the molecule is CC(O)c1cc2ccccc2cc1CO. The molecule has 2 nitrogen and oxygen atoms in total. The summed E-state index contributed by atoms with van der Waals surface area (Å²) in [7, 11) is 0. The molecule has 0 spiro atoms. The van der Waals surface area contributed by atoms with E-state index >= 15 is 0 Å². The molecule has 0 saturated carbocycles. The molecule has 1 atom stereocenters. The van der Waals surface area contributed by atoms with Gasteiger partial charge in [0, 0.05) is 0 Å². The molecule has 0 fully saturated rings. The van der Waals surface area contributed by atoms with Gasteiger partial charge in [0.2, 0.25) is 0 Å². The minimum atomic E-state index is -0.545. The smallest absolute Gasteiger partial charge is 0.0765 e. The summed E-state index contributed by atoms with van der Waals surface area (Å²) in [6.07, 6.45) is -0.545. The van der Waals surface area contributed by atoms with Gasteiger partial charge < -0.3 is 10.2 Å². The summed E-state index contributed by atoms with van der Waals surface area (Å²) in [4.78, 5) is 0. The number of aliphatic hydroxyl groups is 2. The van der Waals surface area contributed by atoms with Crippen LogP contribution >= 0.6 is 0 Å². The average Bonchev–Trinajstić information content (AvgIpc) is 2.27. The topological polar surface area (TPSA) is 40.5 Å². The van der Waals surface area contributed by atoms with Crippen LogP contribution in [0.25, 0.3) is 10.8 Å². The Labute approximate surface area is 88.8 Å². The molecular weight excluding hydrogens is 188 g/mol. The van der Waals surface area contributed by atoms with Gasteiger partial charge in [0.1, 0.15) is 0 Å². The lowest BCUT2D eigenvalue weighted by molar-refractivity contribution is 0.193. The van der Waals surface area contributed by atoms with Crippen LogP contribution in [0.15, 0.2) is 36.4 Å². The van der Waals surface area contributed by atoms with Crippen molar-refractivity contribution in [2.75, 3.05) is 0 Å². The van der Waals surface area contributed by atoms with Crippen LogP contribution in [0.5, 0.6) is 0 Å². The first-order valence-electron chi connectivity index (χ1n) is 5.03. The Bertz CT molecular complexity index is 475. The van der Waals surface area contributed by atoms with E-state index in [1.807, 2.05) is 36.4 Å². The summed E-state index contributed by atoms with van der Waals surface area (Å²) in [5.74, 6) is 0. The lowest BCUT2D eigenvalue weighted by Crippen LogP contribution is -1.98. The monoisotopic (exact) mass is 202 g/mol. The summed E-state index contributed by atoms with van der Waals surface area (Å²) in [6.45, 7) is 1.67. The fourth-order valence-corrected chi connectivity index (χ4v) is 1.83. The molecule has 0 heterocycles. The molecule has 2 N–H and O–H groups in total. The Morgan fingerprint density at radius 1 is 1.13 bits per heavy atom. The molecule has 0 amide bonds. The largest absolute Gasteiger partial charge is 0.392 e. The Kier molecular flexibility index (Phi) is 2.71. The Hall–Kier alpha value is -1.38. The standard InChI is InChI=1S/C13H14O2/c1-9(15)13-7-11-5-3-2-4-10(11)6-12(13)8-14/h2-7,9,14-15H,8H2,1H3. The van der Waals surface area contributed by atoms with Crippen molar-refractivity contribution in [3.63, 3.8) is 0 Å². The van der Waals surface area contributed by atoms with Crippen molar-refractivity contribution in [1.82, 2.24) is 0 Å². The first kappa shape index (κ1) is 10.1. The van der Waals surface area contributed by atoms with Crippen LogP contribution in [0, 0.1) is 0 Å². The molecule has 0 aromatic heterocycles. The fourth-order valence-electron chi connectivity index (χ4n) is 1.83. The number of fused-ring (bicyclic) bond motifs is 1. The van der Waals surface area contributed by atoms with E-state index < -0.39 is 6.10 Å². The zero-order chi connectivity index (χ0) is 10.8. The highest BCUT2D eigenvalue weighted by Crippen LogP contribution is 2.24. The van der Waals surface area contributed by atoms with Crippen molar-refractivity contribution in [2.24, 2.45) is 0 Å². The number of aliphatic hydroxyl groups excluding tert-OH is 2. The third-order valence-corrected chi connectivity index (χ3v) is 2.63. The van der Waals surface area contributed by atoms with E-state index in [1.165, 1.54) is 0 Å². The van der Waals surface area contributed by atoms with E-state index in [0.29, 0.717) is 0 Å². The summed E-state index contributed by atoms with van der Waals surface area (Å²) < 4.78 is 0. The molecule has 0 bridgehead atoms. The van der Waals surface area contributed by atoms with Gasteiger partial charge >= 0.3 is 0 Å². The molecule has 2 rings (SSSR count). The number of hydrogen-bond donors (Lipinski definition) is 2. The van der Waals surface area contributed by atoms with Crippen LogP contribution < -0.4 is 0 Å². The van der Waals surface area contributed by atoms with E-state index in [9.17, 15) is 10.2 Å². The Morgan fingerprint density at radius 3 is 2.27 bits per heavy atom. The first-order chi connectivity index (χ1) is 7.22. The molecule has 0 aliphatic carbocycles. The predicted molar refractivity (Wildman–Crippen MR) is 60.5 cm³/mol. The van der Waals surface area contributed by atoms with Crippen LogP contribution in [0.3, 0.4) is 0 Å². The van der Waals surface area contributed by atoms with E-state index in [1.54, 1.807) is 6.92 Å². The third kappa shape index (κ3) is 1.87.